The lowest BCUT2D eigenvalue weighted by molar-refractivity contribution is -0.153. The van der Waals surface area contributed by atoms with Crippen LogP contribution < -0.4 is 47.9 Å². The van der Waals surface area contributed by atoms with E-state index in [0.717, 1.165) is 9.13 Å². The fraction of sp³-hybridized carbons (Fsp3) is 0.361. The predicted octanol–water partition coefficient (Wildman–Crippen LogP) is 8.49. The Labute approximate surface area is 725 Å². The van der Waals surface area contributed by atoms with Gasteiger partial charge in [-0.05, 0) is 85.1 Å². The van der Waals surface area contributed by atoms with E-state index in [2.05, 4.69) is 55.8 Å². The van der Waals surface area contributed by atoms with E-state index in [1.807, 2.05) is 54.6 Å². The van der Waals surface area contributed by atoms with Gasteiger partial charge in [0.25, 0.3) is 22.9 Å². The van der Waals surface area contributed by atoms with Crippen LogP contribution in [0.3, 0.4) is 0 Å². The molecule has 0 saturated carbocycles. The maximum Gasteiger partial charge on any atom is 0.351 e. The van der Waals surface area contributed by atoms with E-state index < -0.39 is 177 Å². The van der Waals surface area contributed by atoms with Crippen LogP contribution in [-0.2, 0) is 75.5 Å². The van der Waals surface area contributed by atoms with Gasteiger partial charge >= 0.3 is 43.2 Å². The third-order valence-corrected chi connectivity index (χ3v) is 23.8. The Morgan fingerprint density at radius 1 is 0.528 bits per heavy atom. The topological polar surface area (TPSA) is 508 Å². The van der Waals surface area contributed by atoms with Crippen molar-refractivity contribution in [3.05, 3.63) is 252 Å². The summed E-state index contributed by atoms with van der Waals surface area (Å²) in [5, 5.41) is 8.04. The molecule has 0 radical (unpaired) electrons. The van der Waals surface area contributed by atoms with Gasteiger partial charge < -0.3 is 95.1 Å². The average Bonchev–Trinajstić information content (AvgIpc) is 1.51. The van der Waals surface area contributed by atoms with Crippen molar-refractivity contribution in [2.45, 2.75) is 146 Å². The number of hydrogen-bond donors (Lipinski definition) is 8. The zero-order valence-corrected chi connectivity index (χ0v) is 71.5. The largest absolute Gasteiger partial charge is 0.497 e. The Hall–Kier alpha value is -11.6. The minimum Gasteiger partial charge on any atom is -0.497 e. The molecule has 4 aliphatic rings. The molecule has 15 atom stereocenters. The summed E-state index contributed by atoms with van der Waals surface area (Å²) in [6.45, 7) is 4.22. The number of esters is 1. The molecular formula is C83H88N15O26P3. The maximum absolute atomic E-state index is 14.1. The Morgan fingerprint density at radius 3 is 1.54 bits per heavy atom. The fourth-order valence-corrected chi connectivity index (χ4v) is 17.2. The summed E-state index contributed by atoms with van der Waals surface area (Å²) >= 11 is 0. The number of Topliss-reactive ketones (excluding diaryl/α,β-unsaturated/α-hetero) is 1. The molecule has 11 aromatic rings. The van der Waals surface area contributed by atoms with E-state index in [1.54, 1.807) is 113 Å². The molecule has 5 aromatic carbocycles. The van der Waals surface area contributed by atoms with Crippen molar-refractivity contribution in [2.75, 3.05) is 56.6 Å². The van der Waals surface area contributed by atoms with E-state index in [4.69, 9.17) is 65.0 Å². The molecule has 3 unspecified atom stereocenters. The molecule has 666 valence electrons. The summed E-state index contributed by atoms with van der Waals surface area (Å²) in [6.07, 6.45) is -8.33. The average molecular weight is 1800 g/mol. The molecule has 6 aromatic heterocycles. The number of aromatic nitrogens is 12. The highest BCUT2D eigenvalue weighted by molar-refractivity contribution is 7.41. The number of imidazole rings is 2. The molecule has 10 heterocycles. The number of anilines is 3. The predicted molar refractivity (Wildman–Crippen MR) is 452 cm³/mol. The highest BCUT2D eigenvalue weighted by Crippen LogP contribution is 2.50. The third-order valence-electron chi connectivity index (χ3n) is 21.4. The Morgan fingerprint density at radius 2 is 1.01 bits per heavy atom. The van der Waals surface area contributed by atoms with Crippen molar-refractivity contribution >= 4 is 95.2 Å². The first-order chi connectivity index (χ1) is 61.3. The van der Waals surface area contributed by atoms with Crippen molar-refractivity contribution in [3.63, 3.8) is 0 Å². The van der Waals surface area contributed by atoms with Gasteiger partial charge in [0.15, 0.2) is 28.1 Å². The number of H-pyrrole nitrogens is 2. The summed E-state index contributed by atoms with van der Waals surface area (Å²) in [6, 6.07) is 42.1. The monoisotopic (exact) mass is 1800 g/mol. The Balaban J connectivity index is 0.696. The van der Waals surface area contributed by atoms with Crippen LogP contribution in [0.15, 0.2) is 196 Å². The lowest BCUT2D eigenvalue weighted by atomic mass is 9.80. The molecule has 0 bridgehead atoms. The molecule has 4 fully saturated rings. The molecular weight excluding hydrogens is 1720 g/mol. The zero-order chi connectivity index (χ0) is 89.2. The molecule has 3 amide bonds. The second-order valence-corrected chi connectivity index (χ2v) is 32.9. The number of nitrogens with zero attached hydrogens (tertiary/aromatic N) is 10. The first-order valence-corrected chi connectivity index (χ1v) is 43.5. The van der Waals surface area contributed by atoms with Crippen LogP contribution in [0.4, 0.5) is 17.6 Å². The highest BCUT2D eigenvalue weighted by atomic mass is 31.2. The molecule has 127 heavy (non-hydrogen) atoms. The minimum atomic E-state index is -3.05. The van der Waals surface area contributed by atoms with Gasteiger partial charge in [-0.2, -0.15) is 9.97 Å². The lowest BCUT2D eigenvalue weighted by Crippen LogP contribution is -2.38. The number of carbonyl (C=O) groups excluding carboxylic acids is 5. The van der Waals surface area contributed by atoms with E-state index in [9.17, 15) is 57.8 Å². The van der Waals surface area contributed by atoms with Crippen LogP contribution in [-0.4, -0.2) is 192 Å². The standard InChI is InChI=1S/C83H88N15O26P3/c1-46(2)75(101)92-80-91-74-71(79(105)93-80)87-45-98(74)68-36-57(60(117-68)39-113-83(51-20-14-9-15-21-51,52-23-27-54(111-5)28-24-52)53-25-29-55(112-6)30-26-53)122-126(109)115-41-62-58(35-65(119-62)95-33-32-64(89-81(95)106)88-77(103)49-16-10-7-11-17-49)123-127(110)116-42-63-59(37-67(120-63)97-44-86-70-72(84-43-85-73(70)97)90-78(104)50-18-12-8-13-19-50)124-125(108)114-40-61-56(121-69(100)31-22-48(4)99)34-66(118-61)96-38-47(3)76(102)94-82(96)107/h7-21,23-30,32-33,38,43-46,56-63,65-68,108-110H,22,31,34-37,39-42H2,1-6H3,(H,94,102,107)(H,84,85,90,104)(H,88,89,103,106)(H2,91,92,93,101,105)/t56-,57-,58-,59-,60+,61+,62+,63+,65+,66+,67+,68+,125?,126?,127?/m0/s1. The van der Waals surface area contributed by atoms with Gasteiger partial charge in [-0.1, -0.05) is 105 Å². The molecule has 44 heteroatoms. The molecule has 41 nitrogen and oxygen atoms in total. The van der Waals surface area contributed by atoms with Crippen LogP contribution in [0.1, 0.15) is 127 Å². The molecule has 0 aliphatic carbocycles. The number of ether oxygens (including phenoxy) is 8. The summed E-state index contributed by atoms with van der Waals surface area (Å²) in [5.74, 6) is -2.02. The number of aromatic amines is 2. The van der Waals surface area contributed by atoms with Gasteiger partial charge in [-0.25, -0.2) is 29.5 Å². The molecule has 0 spiro atoms. The van der Waals surface area contributed by atoms with E-state index in [-0.39, 0.29) is 96.4 Å². The molecule has 4 saturated heterocycles. The lowest BCUT2D eigenvalue weighted by Gasteiger charge is -2.37. The quantitative estimate of drug-likeness (QED) is 0.0103. The number of fused-ring (bicyclic) bond motifs is 2. The number of ketones is 1. The molecule has 15 rings (SSSR count). The van der Waals surface area contributed by atoms with Crippen molar-refractivity contribution in [2.24, 2.45) is 5.92 Å². The summed E-state index contributed by atoms with van der Waals surface area (Å²) in [7, 11) is -5.90. The normalized spacial score (nSPS) is 21.8. The fourth-order valence-electron chi connectivity index (χ4n) is 14.8. The summed E-state index contributed by atoms with van der Waals surface area (Å²) in [5.41, 5.74) is -1.28. The van der Waals surface area contributed by atoms with E-state index >= 15 is 0 Å². The number of amides is 3. The maximum atomic E-state index is 14.1. The zero-order valence-electron chi connectivity index (χ0n) is 68.9. The highest BCUT2D eigenvalue weighted by Gasteiger charge is 2.48. The second kappa shape index (κ2) is 40.6. The van der Waals surface area contributed by atoms with Gasteiger partial charge in [-0.15, -0.1) is 0 Å². The number of hydrogen-bond acceptors (Lipinski definition) is 32. The van der Waals surface area contributed by atoms with Crippen LogP contribution in [0, 0.1) is 12.8 Å². The number of rotatable bonds is 37. The first kappa shape index (κ1) is 90.2. The van der Waals surface area contributed by atoms with Crippen LogP contribution in [0.2, 0.25) is 0 Å². The van der Waals surface area contributed by atoms with Crippen molar-refractivity contribution < 1.29 is 104 Å². The van der Waals surface area contributed by atoms with Crippen molar-refractivity contribution in [1.29, 1.82) is 0 Å². The number of benzene rings is 5. The second-order valence-electron chi connectivity index (χ2n) is 30.1. The summed E-state index contributed by atoms with van der Waals surface area (Å²) in [4.78, 5) is 185. The molecule has 4 aliphatic heterocycles. The van der Waals surface area contributed by atoms with Crippen LogP contribution in [0.5, 0.6) is 11.5 Å². The van der Waals surface area contributed by atoms with Gasteiger partial charge in [0.2, 0.25) is 11.9 Å². The van der Waals surface area contributed by atoms with Crippen LogP contribution >= 0.6 is 25.8 Å². The SMILES string of the molecule is COc1ccc(C(OC[C@H]2O[C@@H](n3cnc4c(=O)[nH]c(NC(=O)C(C)C)nc43)C[C@@H]2OP(O)OC[C@H]2O[C@@H](n3ccc(NC(=O)c4ccccc4)nc3=O)C[C@@H]2OP(O)OC[C@H]2O[C@@H](n3cnc4c(NC(=O)c5ccccc5)ncnc43)C[C@@H]2OP(O)OC[C@H]2O[C@@H](n3cc(C)c(=O)[nH]c3=O)C[C@@H]2OC(=O)CCC(C)=O)(c2ccccc2)c2ccc(OC)cc2)cc1. The minimum absolute atomic E-state index is 0.0295. The number of methoxy groups -OCH3 is 2. The van der Waals surface area contributed by atoms with Gasteiger partial charge in [0, 0.05) is 67.1 Å². The molecule has 8 N–H and O–H groups in total. The van der Waals surface area contributed by atoms with Gasteiger partial charge in [0.05, 0.1) is 78.0 Å². The van der Waals surface area contributed by atoms with Crippen molar-refractivity contribution in [1.82, 2.24) is 58.1 Å². The first-order valence-electron chi connectivity index (χ1n) is 40.1. The Kier molecular flexibility index (Phi) is 28.9. The smallest absolute Gasteiger partial charge is 0.351 e. The van der Waals surface area contributed by atoms with Crippen molar-refractivity contribution in [3.8, 4) is 11.5 Å². The Bertz CT molecular complexity index is 5930. The van der Waals surface area contributed by atoms with Crippen LogP contribution in [0.25, 0.3) is 22.3 Å². The number of nitrogens with one attached hydrogen (secondary N) is 5. The van der Waals surface area contributed by atoms with E-state index in [1.165, 1.54) is 60.4 Å². The number of carbonyl (C=O) groups is 5. The number of aryl methyl sites for hydroxylation is 1. The van der Waals surface area contributed by atoms with E-state index in [0.29, 0.717) is 39.3 Å². The van der Waals surface area contributed by atoms with Gasteiger partial charge in [0.1, 0.15) is 90.5 Å². The van der Waals surface area contributed by atoms with Gasteiger partial charge in [-0.3, -0.25) is 62.3 Å². The summed E-state index contributed by atoms with van der Waals surface area (Å²) < 4.78 is 93.2. The third kappa shape index (κ3) is 21.2.